The van der Waals surface area contributed by atoms with Gasteiger partial charge in [0.1, 0.15) is 0 Å². The zero-order valence-corrected chi connectivity index (χ0v) is 11.4. The summed E-state index contributed by atoms with van der Waals surface area (Å²) in [7, 11) is 4.36. The van der Waals surface area contributed by atoms with Crippen LogP contribution in [0.4, 0.5) is 0 Å². The zero-order chi connectivity index (χ0) is 13.0. The van der Waals surface area contributed by atoms with Crippen LogP contribution in [0.3, 0.4) is 0 Å². The van der Waals surface area contributed by atoms with Crippen molar-refractivity contribution < 1.29 is 0 Å². The van der Waals surface area contributed by atoms with Gasteiger partial charge in [-0.3, -0.25) is 4.98 Å². The maximum atomic E-state index is 6.39. The Morgan fingerprint density at radius 3 is 2.94 bits per heavy atom. The second-order valence-corrected chi connectivity index (χ2v) is 5.35. The van der Waals surface area contributed by atoms with Crippen molar-refractivity contribution in [3.8, 4) is 0 Å². The van der Waals surface area contributed by atoms with Crippen molar-refractivity contribution in [3.63, 3.8) is 0 Å². The number of hydrogen-bond acceptors (Lipinski definition) is 4. The fraction of sp³-hybridized carbons (Fsp3) is 0.643. The lowest BCUT2D eigenvalue weighted by Crippen LogP contribution is -2.51. The summed E-state index contributed by atoms with van der Waals surface area (Å²) in [6.45, 7) is 3.34. The highest BCUT2D eigenvalue weighted by Gasteiger charge is 2.26. The molecule has 0 bridgehead atoms. The molecule has 0 aromatic carbocycles. The number of nitrogens with zero attached hydrogens (tertiary/aromatic N) is 3. The van der Waals surface area contributed by atoms with Crippen LogP contribution in [0.1, 0.15) is 12.1 Å². The molecule has 1 fully saturated rings. The molecule has 2 unspecified atom stereocenters. The highest BCUT2D eigenvalue weighted by atomic mass is 15.2. The van der Waals surface area contributed by atoms with E-state index < -0.39 is 0 Å². The molecule has 2 rings (SSSR count). The van der Waals surface area contributed by atoms with Crippen molar-refractivity contribution in [1.29, 1.82) is 0 Å². The number of nitrogens with two attached hydrogens (primary N) is 1. The molecule has 1 aliphatic rings. The molecule has 100 valence electrons. The summed E-state index contributed by atoms with van der Waals surface area (Å²) in [6.07, 6.45) is 3.91. The number of likely N-dealkylation sites (N-methyl/N-ethyl adjacent to an activating group) is 2. The standard InChI is InChI=1S/C14H24N4/c1-17-8-5-9-18(2)14(11-17)13(15)10-12-6-3-4-7-16-12/h3-4,6-7,13-14H,5,8-11,15H2,1-2H3. The second-order valence-electron chi connectivity index (χ2n) is 5.35. The molecule has 4 nitrogen and oxygen atoms in total. The Labute approximate surface area is 110 Å². The Morgan fingerprint density at radius 2 is 2.22 bits per heavy atom. The summed E-state index contributed by atoms with van der Waals surface area (Å²) >= 11 is 0. The quantitative estimate of drug-likeness (QED) is 0.850. The Bertz CT molecular complexity index is 354. The smallest absolute Gasteiger partial charge is 0.0419 e. The number of rotatable bonds is 3. The predicted molar refractivity (Wildman–Crippen MR) is 74.4 cm³/mol. The second kappa shape index (κ2) is 6.27. The van der Waals surface area contributed by atoms with Gasteiger partial charge in [-0.25, -0.2) is 0 Å². The molecule has 1 aromatic heterocycles. The minimum Gasteiger partial charge on any atom is -0.326 e. The van der Waals surface area contributed by atoms with Crippen LogP contribution in [0, 0.1) is 0 Å². The SMILES string of the molecule is CN1CCCN(C)C(C(N)Cc2ccccn2)C1. The van der Waals surface area contributed by atoms with Crippen molar-refractivity contribution in [1.82, 2.24) is 14.8 Å². The molecule has 2 heterocycles. The van der Waals surface area contributed by atoms with Crippen molar-refractivity contribution in [3.05, 3.63) is 30.1 Å². The minimum atomic E-state index is 0.144. The van der Waals surface area contributed by atoms with Crippen LogP contribution >= 0.6 is 0 Å². The molecule has 0 amide bonds. The highest BCUT2D eigenvalue weighted by Crippen LogP contribution is 2.12. The van der Waals surface area contributed by atoms with Gasteiger partial charge in [0.25, 0.3) is 0 Å². The van der Waals surface area contributed by atoms with Gasteiger partial charge in [0, 0.05) is 36.9 Å². The molecule has 4 heteroatoms. The van der Waals surface area contributed by atoms with Crippen molar-refractivity contribution in [2.45, 2.75) is 24.9 Å². The van der Waals surface area contributed by atoms with E-state index >= 15 is 0 Å². The van der Waals surface area contributed by atoms with E-state index in [4.69, 9.17) is 5.73 Å². The molecular weight excluding hydrogens is 224 g/mol. The maximum Gasteiger partial charge on any atom is 0.0419 e. The van der Waals surface area contributed by atoms with E-state index in [0.29, 0.717) is 6.04 Å². The van der Waals surface area contributed by atoms with Gasteiger partial charge in [0.15, 0.2) is 0 Å². The Hall–Kier alpha value is -0.970. The van der Waals surface area contributed by atoms with E-state index in [1.807, 2.05) is 18.3 Å². The third-order valence-corrected chi connectivity index (χ3v) is 3.78. The van der Waals surface area contributed by atoms with Crippen LogP contribution in [0.25, 0.3) is 0 Å². The average Bonchev–Trinajstić information content (AvgIpc) is 2.52. The van der Waals surface area contributed by atoms with Gasteiger partial charge < -0.3 is 15.5 Å². The Kier molecular flexibility index (Phi) is 4.69. The van der Waals surface area contributed by atoms with E-state index in [9.17, 15) is 0 Å². The Morgan fingerprint density at radius 1 is 1.39 bits per heavy atom. The van der Waals surface area contributed by atoms with Crippen molar-refractivity contribution in [2.75, 3.05) is 33.7 Å². The zero-order valence-electron chi connectivity index (χ0n) is 11.4. The monoisotopic (exact) mass is 248 g/mol. The van der Waals surface area contributed by atoms with Crippen LogP contribution in [0.2, 0.25) is 0 Å². The first kappa shape index (κ1) is 13.5. The summed E-state index contributed by atoms with van der Waals surface area (Å²) in [5, 5.41) is 0. The van der Waals surface area contributed by atoms with Gasteiger partial charge >= 0.3 is 0 Å². The van der Waals surface area contributed by atoms with E-state index in [1.165, 1.54) is 6.42 Å². The van der Waals surface area contributed by atoms with Crippen LogP contribution in [0.15, 0.2) is 24.4 Å². The molecule has 0 spiro atoms. The van der Waals surface area contributed by atoms with Crippen LogP contribution in [0.5, 0.6) is 0 Å². The summed E-state index contributed by atoms with van der Waals surface area (Å²) < 4.78 is 0. The van der Waals surface area contributed by atoms with E-state index in [-0.39, 0.29) is 6.04 Å². The summed E-state index contributed by atoms with van der Waals surface area (Å²) in [4.78, 5) is 9.15. The minimum absolute atomic E-state index is 0.144. The van der Waals surface area contributed by atoms with Gasteiger partial charge in [-0.1, -0.05) is 6.07 Å². The molecule has 0 saturated carbocycles. The van der Waals surface area contributed by atoms with Gasteiger partial charge in [-0.2, -0.15) is 0 Å². The van der Waals surface area contributed by atoms with Crippen LogP contribution in [-0.4, -0.2) is 60.6 Å². The lowest BCUT2D eigenvalue weighted by molar-refractivity contribution is 0.194. The normalized spacial score (nSPS) is 24.7. The number of pyridine rings is 1. The molecule has 1 saturated heterocycles. The van der Waals surface area contributed by atoms with E-state index in [0.717, 1.165) is 31.7 Å². The van der Waals surface area contributed by atoms with E-state index in [1.54, 1.807) is 0 Å². The molecule has 1 aromatic rings. The summed E-state index contributed by atoms with van der Waals surface area (Å²) in [5.41, 5.74) is 7.48. The van der Waals surface area contributed by atoms with Gasteiger partial charge in [-0.05, 0) is 45.7 Å². The van der Waals surface area contributed by atoms with Gasteiger partial charge in [0.2, 0.25) is 0 Å². The van der Waals surface area contributed by atoms with Gasteiger partial charge in [-0.15, -0.1) is 0 Å². The molecule has 2 atom stereocenters. The molecular formula is C14H24N4. The lowest BCUT2D eigenvalue weighted by atomic mass is 10.0. The van der Waals surface area contributed by atoms with Gasteiger partial charge in [0.05, 0.1) is 0 Å². The fourth-order valence-corrected chi connectivity index (χ4v) is 2.66. The van der Waals surface area contributed by atoms with E-state index in [2.05, 4.69) is 34.9 Å². The molecule has 2 N–H and O–H groups in total. The maximum absolute atomic E-state index is 6.39. The van der Waals surface area contributed by atoms with Crippen LogP contribution < -0.4 is 5.73 Å². The average molecular weight is 248 g/mol. The Balaban J connectivity index is 2.00. The third kappa shape index (κ3) is 3.51. The summed E-state index contributed by atoms with van der Waals surface area (Å²) in [5.74, 6) is 0. The van der Waals surface area contributed by atoms with Crippen molar-refractivity contribution in [2.24, 2.45) is 5.73 Å². The molecule has 0 radical (unpaired) electrons. The first-order chi connectivity index (χ1) is 8.66. The fourth-order valence-electron chi connectivity index (χ4n) is 2.66. The summed E-state index contributed by atoms with van der Waals surface area (Å²) in [6, 6.07) is 6.59. The molecule has 1 aliphatic heterocycles. The number of hydrogen-bond donors (Lipinski definition) is 1. The van der Waals surface area contributed by atoms with Crippen LogP contribution in [-0.2, 0) is 6.42 Å². The molecule has 0 aliphatic carbocycles. The first-order valence-corrected chi connectivity index (χ1v) is 6.71. The third-order valence-electron chi connectivity index (χ3n) is 3.78. The predicted octanol–water partition coefficient (Wildman–Crippen LogP) is 0.587. The largest absolute Gasteiger partial charge is 0.326 e. The van der Waals surface area contributed by atoms with Crippen molar-refractivity contribution >= 4 is 0 Å². The topological polar surface area (TPSA) is 45.4 Å². The lowest BCUT2D eigenvalue weighted by Gasteiger charge is -2.32. The molecule has 18 heavy (non-hydrogen) atoms. The number of aromatic nitrogens is 1. The first-order valence-electron chi connectivity index (χ1n) is 6.71. The highest BCUT2D eigenvalue weighted by molar-refractivity contribution is 5.06.